The average molecular weight is 427 g/mol. The maximum atomic E-state index is 12.4. The fourth-order valence-corrected chi connectivity index (χ4v) is 4.87. The van der Waals surface area contributed by atoms with Gasteiger partial charge in [0.15, 0.2) is 9.84 Å². The number of imide groups is 1. The Kier molecular flexibility index (Phi) is 5.73. The molecule has 0 radical (unpaired) electrons. The lowest BCUT2D eigenvalue weighted by molar-refractivity contribution is -0.124. The van der Waals surface area contributed by atoms with Crippen molar-refractivity contribution in [2.45, 2.75) is 12.5 Å². The second-order valence-electron chi connectivity index (χ2n) is 5.94. The molecule has 0 aromatic heterocycles. The molecule has 3 rings (SSSR count). The van der Waals surface area contributed by atoms with E-state index in [4.69, 9.17) is 11.6 Å². The number of benzene rings is 1. The minimum absolute atomic E-state index is 0.0838. The van der Waals surface area contributed by atoms with Gasteiger partial charge in [0, 0.05) is 23.4 Å². The molecule has 0 saturated carbocycles. The van der Waals surface area contributed by atoms with Crippen molar-refractivity contribution in [2.24, 2.45) is 0 Å². The van der Waals surface area contributed by atoms with Crippen LogP contribution in [0.5, 0.6) is 0 Å². The van der Waals surface area contributed by atoms with Crippen LogP contribution in [0.25, 0.3) is 6.08 Å². The number of hydrogen-bond donors (Lipinski definition) is 1. The Labute approximate surface area is 165 Å². The van der Waals surface area contributed by atoms with Gasteiger partial charge in [-0.2, -0.15) is 0 Å². The van der Waals surface area contributed by atoms with E-state index in [9.17, 15) is 22.8 Å². The highest BCUT2D eigenvalue weighted by molar-refractivity contribution is 8.18. The van der Waals surface area contributed by atoms with E-state index in [0.717, 1.165) is 22.1 Å². The molecule has 2 heterocycles. The number of nitrogens with one attached hydrogen (secondary N) is 1. The Morgan fingerprint density at radius 2 is 2.07 bits per heavy atom. The van der Waals surface area contributed by atoms with Crippen molar-refractivity contribution in [3.05, 3.63) is 51.2 Å². The number of sulfone groups is 1. The molecular formula is C17H15ClN2O5S2. The zero-order valence-corrected chi connectivity index (χ0v) is 16.3. The van der Waals surface area contributed by atoms with Crippen LogP contribution >= 0.6 is 23.4 Å². The smallest absolute Gasteiger partial charge is 0.293 e. The molecule has 2 aliphatic rings. The van der Waals surface area contributed by atoms with E-state index in [1.165, 1.54) is 6.08 Å². The normalized spacial score (nSPS) is 22.6. The van der Waals surface area contributed by atoms with Crippen LogP contribution in [0, 0.1) is 0 Å². The lowest BCUT2D eigenvalue weighted by Crippen LogP contribution is -2.38. The van der Waals surface area contributed by atoms with E-state index >= 15 is 0 Å². The van der Waals surface area contributed by atoms with Gasteiger partial charge in [-0.15, -0.1) is 0 Å². The Bertz CT molecular complexity index is 971. The summed E-state index contributed by atoms with van der Waals surface area (Å²) in [5, 5.41) is 3.61. The molecule has 1 saturated heterocycles. The third-order valence-corrected chi connectivity index (χ3v) is 6.55. The molecule has 3 amide bonds. The first-order valence-corrected chi connectivity index (χ1v) is 10.9. The van der Waals surface area contributed by atoms with Crippen LogP contribution in [-0.4, -0.2) is 48.7 Å². The van der Waals surface area contributed by atoms with Gasteiger partial charge in [-0.1, -0.05) is 29.8 Å². The van der Waals surface area contributed by atoms with Crippen LogP contribution in [0.1, 0.15) is 12.0 Å². The average Bonchev–Trinajstić information content (AvgIpc) is 3.07. The molecule has 0 bridgehead atoms. The summed E-state index contributed by atoms with van der Waals surface area (Å²) in [5.41, 5.74) is 0.622. The Morgan fingerprint density at radius 1 is 1.33 bits per heavy atom. The van der Waals surface area contributed by atoms with Gasteiger partial charge in [0.2, 0.25) is 5.91 Å². The first-order chi connectivity index (χ1) is 12.7. The van der Waals surface area contributed by atoms with Crippen LogP contribution in [0.4, 0.5) is 4.79 Å². The molecule has 1 aromatic carbocycles. The third kappa shape index (κ3) is 4.79. The highest BCUT2D eigenvalue weighted by Gasteiger charge is 2.35. The first kappa shape index (κ1) is 19.7. The van der Waals surface area contributed by atoms with Crippen LogP contribution in [-0.2, 0) is 19.4 Å². The summed E-state index contributed by atoms with van der Waals surface area (Å²) in [6.45, 7) is -0.0838. The molecular weight excluding hydrogens is 412 g/mol. The van der Waals surface area contributed by atoms with Crippen molar-refractivity contribution in [2.75, 3.05) is 12.3 Å². The van der Waals surface area contributed by atoms with E-state index in [-0.39, 0.29) is 23.6 Å². The van der Waals surface area contributed by atoms with Crippen molar-refractivity contribution in [1.82, 2.24) is 10.2 Å². The second-order valence-corrected chi connectivity index (χ2v) is 9.27. The van der Waals surface area contributed by atoms with Crippen LogP contribution < -0.4 is 5.32 Å². The molecule has 142 valence electrons. The first-order valence-electron chi connectivity index (χ1n) is 7.95. The number of carbonyl (C=O) groups excluding carboxylic acids is 3. The Balaban J connectivity index is 1.59. The SMILES string of the molecule is O=C(CCN1C(=O)S/C(=C\c2ccccc2Cl)C1=O)NC1C=CS(=O)(=O)C1. The number of amides is 3. The summed E-state index contributed by atoms with van der Waals surface area (Å²) < 4.78 is 22.7. The minimum Gasteiger partial charge on any atom is -0.349 e. The minimum atomic E-state index is -3.27. The van der Waals surface area contributed by atoms with Crippen molar-refractivity contribution >= 4 is 56.3 Å². The molecule has 7 nitrogen and oxygen atoms in total. The quantitative estimate of drug-likeness (QED) is 0.724. The molecule has 1 fully saturated rings. The number of halogens is 1. The predicted octanol–water partition coefficient (Wildman–Crippen LogP) is 2.19. The van der Waals surface area contributed by atoms with Gasteiger partial charge in [0.05, 0.1) is 16.7 Å². The van der Waals surface area contributed by atoms with E-state index < -0.39 is 32.9 Å². The monoisotopic (exact) mass is 426 g/mol. The molecule has 1 N–H and O–H groups in total. The molecule has 1 aromatic rings. The molecule has 10 heteroatoms. The van der Waals surface area contributed by atoms with Crippen LogP contribution in [0.3, 0.4) is 0 Å². The summed E-state index contributed by atoms with van der Waals surface area (Å²) >= 11 is 6.85. The Hall–Kier alpha value is -2.10. The van der Waals surface area contributed by atoms with Gasteiger partial charge in [-0.3, -0.25) is 19.3 Å². The maximum Gasteiger partial charge on any atom is 0.293 e. The predicted molar refractivity (Wildman–Crippen MR) is 104 cm³/mol. The second kappa shape index (κ2) is 7.87. The van der Waals surface area contributed by atoms with Crippen molar-refractivity contribution in [3.8, 4) is 0 Å². The van der Waals surface area contributed by atoms with E-state index in [1.54, 1.807) is 30.3 Å². The summed E-state index contributed by atoms with van der Waals surface area (Å²) in [6, 6.07) is 6.35. The zero-order chi connectivity index (χ0) is 19.6. The summed E-state index contributed by atoms with van der Waals surface area (Å²) in [5.74, 6) is -1.10. The number of hydrogen-bond acceptors (Lipinski definition) is 6. The van der Waals surface area contributed by atoms with Crippen molar-refractivity contribution in [3.63, 3.8) is 0 Å². The van der Waals surface area contributed by atoms with Gasteiger partial charge in [-0.25, -0.2) is 8.42 Å². The molecule has 27 heavy (non-hydrogen) atoms. The maximum absolute atomic E-state index is 12.4. The van der Waals surface area contributed by atoms with Crippen molar-refractivity contribution < 1.29 is 22.8 Å². The van der Waals surface area contributed by atoms with Crippen molar-refractivity contribution in [1.29, 1.82) is 0 Å². The molecule has 0 aliphatic carbocycles. The number of thioether (sulfide) groups is 1. The zero-order valence-electron chi connectivity index (χ0n) is 13.9. The highest BCUT2D eigenvalue weighted by Crippen LogP contribution is 2.33. The van der Waals surface area contributed by atoms with Crippen LogP contribution in [0.15, 0.2) is 40.7 Å². The van der Waals surface area contributed by atoms with E-state index in [2.05, 4.69) is 5.32 Å². The highest BCUT2D eigenvalue weighted by atomic mass is 35.5. The number of nitrogens with zero attached hydrogens (tertiary/aromatic N) is 1. The number of rotatable bonds is 5. The summed E-state index contributed by atoms with van der Waals surface area (Å²) in [6.07, 6.45) is 2.84. The fraction of sp³-hybridized carbons (Fsp3) is 0.235. The van der Waals surface area contributed by atoms with Gasteiger partial charge in [0.25, 0.3) is 11.1 Å². The van der Waals surface area contributed by atoms with Gasteiger partial charge < -0.3 is 5.32 Å². The molecule has 1 unspecified atom stereocenters. The third-order valence-electron chi connectivity index (χ3n) is 3.90. The molecule has 2 aliphatic heterocycles. The fourth-order valence-electron chi connectivity index (χ4n) is 2.58. The summed E-state index contributed by atoms with van der Waals surface area (Å²) in [7, 11) is -3.27. The van der Waals surface area contributed by atoms with Gasteiger partial charge in [0.1, 0.15) is 0 Å². The Morgan fingerprint density at radius 3 is 2.74 bits per heavy atom. The van der Waals surface area contributed by atoms with Gasteiger partial charge >= 0.3 is 0 Å². The lowest BCUT2D eigenvalue weighted by atomic mass is 10.2. The standard InChI is InChI=1S/C17H15ClN2O5S2/c18-13-4-2-1-3-11(13)9-14-16(22)20(17(23)26-14)7-5-15(21)19-12-6-8-27(24,25)10-12/h1-4,6,8-9,12H,5,7,10H2,(H,19,21)/b14-9-. The summed E-state index contributed by atoms with van der Waals surface area (Å²) in [4.78, 5) is 37.7. The molecule has 1 atom stereocenters. The van der Waals surface area contributed by atoms with Crippen LogP contribution in [0.2, 0.25) is 5.02 Å². The largest absolute Gasteiger partial charge is 0.349 e. The topological polar surface area (TPSA) is 101 Å². The lowest BCUT2D eigenvalue weighted by Gasteiger charge is -2.14. The molecule has 0 spiro atoms. The van der Waals surface area contributed by atoms with Gasteiger partial charge in [-0.05, 0) is 35.5 Å². The number of carbonyl (C=O) groups is 3. The van der Waals surface area contributed by atoms with E-state index in [1.807, 2.05) is 0 Å². The van der Waals surface area contributed by atoms with E-state index in [0.29, 0.717) is 10.6 Å².